The van der Waals surface area contributed by atoms with Crippen LogP contribution in [-0.4, -0.2) is 32.9 Å². The van der Waals surface area contributed by atoms with Gasteiger partial charge in [0.05, 0.1) is 19.6 Å². The van der Waals surface area contributed by atoms with E-state index in [9.17, 15) is 0 Å². The van der Waals surface area contributed by atoms with Crippen LogP contribution in [-0.2, 0) is 6.42 Å². The lowest BCUT2D eigenvalue weighted by atomic mass is 10.0. The molecule has 2 rings (SSSR count). The molecular weight excluding hydrogens is 412 g/mol. The normalized spacial score (nSPS) is 11.4. The monoisotopic (exact) mass is 446 g/mol. The summed E-state index contributed by atoms with van der Waals surface area (Å²) in [7, 11) is 1.63. The van der Waals surface area contributed by atoms with Crippen LogP contribution in [0, 0.1) is 24.2 Å². The van der Waals surface area contributed by atoms with E-state index in [-0.39, 0.29) is 18.5 Å². The predicted octanol–water partition coefficient (Wildman–Crippen LogP) is 5.34. The molecule has 5 nitrogen and oxygen atoms in total. The lowest BCUT2D eigenvalue weighted by molar-refractivity contribution is 0.134. The molecule has 31 heavy (non-hydrogen) atoms. The van der Waals surface area contributed by atoms with Crippen LogP contribution in [0.3, 0.4) is 0 Å². The first-order valence-electron chi connectivity index (χ1n) is 10.6. The van der Waals surface area contributed by atoms with E-state index in [1.165, 1.54) is 0 Å². The highest BCUT2D eigenvalue weighted by Crippen LogP contribution is 2.31. The summed E-state index contributed by atoms with van der Waals surface area (Å²) >= 11 is 0. The van der Waals surface area contributed by atoms with Gasteiger partial charge in [-0.25, -0.2) is 0 Å². The summed E-state index contributed by atoms with van der Waals surface area (Å²) in [5.41, 5.74) is 2.09. The Bertz CT molecular complexity index is 821. The van der Waals surface area contributed by atoms with Gasteiger partial charge < -0.3 is 19.5 Å². The first kappa shape index (κ1) is 26.6. The van der Waals surface area contributed by atoms with Gasteiger partial charge in [0.15, 0.2) is 11.5 Å². The molecule has 0 heterocycles. The number of nitrogens with one attached hydrogen (secondary N) is 1. The molecule has 6 heteroatoms. The molecule has 170 valence electrons. The van der Waals surface area contributed by atoms with Crippen LogP contribution in [0.2, 0.25) is 0 Å². The van der Waals surface area contributed by atoms with Gasteiger partial charge in [0, 0.05) is 6.54 Å². The van der Waals surface area contributed by atoms with Gasteiger partial charge in [0.1, 0.15) is 18.5 Å². The number of benzene rings is 2. The Labute approximate surface area is 193 Å². The highest BCUT2D eigenvalue weighted by Gasteiger charge is 2.17. The lowest BCUT2D eigenvalue weighted by Crippen LogP contribution is -2.27. The maximum Gasteiger partial charge on any atom is 0.161 e. The Morgan fingerprint density at radius 2 is 1.81 bits per heavy atom. The summed E-state index contributed by atoms with van der Waals surface area (Å²) < 4.78 is 17.5. The molecular formula is C25H35ClN2O3. The fourth-order valence-electron chi connectivity index (χ4n) is 3.21. The first-order valence-corrected chi connectivity index (χ1v) is 10.6. The molecule has 0 radical (unpaired) electrons. The van der Waals surface area contributed by atoms with E-state index in [0.29, 0.717) is 24.7 Å². The highest BCUT2D eigenvalue weighted by atomic mass is 35.5. The van der Waals surface area contributed by atoms with Crippen molar-refractivity contribution >= 4 is 12.4 Å². The molecule has 0 amide bonds. The van der Waals surface area contributed by atoms with Crippen molar-refractivity contribution in [2.75, 3.05) is 26.8 Å². The quantitative estimate of drug-likeness (QED) is 0.420. The molecule has 0 fully saturated rings. The second-order valence-corrected chi connectivity index (χ2v) is 7.73. The summed E-state index contributed by atoms with van der Waals surface area (Å²) in [5, 5.41) is 12.3. The van der Waals surface area contributed by atoms with Crippen molar-refractivity contribution in [1.29, 1.82) is 5.26 Å². The third kappa shape index (κ3) is 9.08. The van der Waals surface area contributed by atoms with Gasteiger partial charge in [-0.3, -0.25) is 0 Å². The molecule has 1 atom stereocenters. The number of halogens is 1. The van der Waals surface area contributed by atoms with Crippen molar-refractivity contribution < 1.29 is 14.2 Å². The van der Waals surface area contributed by atoms with E-state index < -0.39 is 0 Å². The van der Waals surface area contributed by atoms with Crippen LogP contribution in [0.25, 0.3) is 0 Å². The molecule has 2 aromatic carbocycles. The predicted molar refractivity (Wildman–Crippen MR) is 128 cm³/mol. The van der Waals surface area contributed by atoms with Crippen molar-refractivity contribution in [1.82, 2.24) is 5.32 Å². The Morgan fingerprint density at radius 3 is 2.48 bits per heavy atom. The molecule has 1 N–H and O–H groups in total. The first-order chi connectivity index (χ1) is 14.5. The van der Waals surface area contributed by atoms with Crippen LogP contribution in [0.4, 0.5) is 0 Å². The van der Waals surface area contributed by atoms with Crippen molar-refractivity contribution in [3.8, 4) is 23.3 Å². The van der Waals surface area contributed by atoms with E-state index in [1.54, 1.807) is 7.11 Å². The average molecular weight is 447 g/mol. The smallest absolute Gasteiger partial charge is 0.161 e. The van der Waals surface area contributed by atoms with Crippen LogP contribution >= 0.6 is 12.4 Å². The molecule has 1 unspecified atom stereocenters. The van der Waals surface area contributed by atoms with Crippen molar-refractivity contribution in [3.63, 3.8) is 0 Å². The molecule has 0 saturated heterocycles. The van der Waals surface area contributed by atoms with Gasteiger partial charge in [-0.2, -0.15) is 5.26 Å². The third-order valence-electron chi connectivity index (χ3n) is 5.01. The average Bonchev–Trinajstić information content (AvgIpc) is 2.74. The topological polar surface area (TPSA) is 63.5 Å². The number of aryl methyl sites for hydroxylation is 1. The number of hydrogen-bond acceptors (Lipinski definition) is 5. The van der Waals surface area contributed by atoms with Crippen LogP contribution in [0.1, 0.15) is 37.8 Å². The molecule has 0 aliphatic rings. The number of nitriles is 1. The Balaban J connectivity index is 0.00000480. The fourth-order valence-corrected chi connectivity index (χ4v) is 3.21. The van der Waals surface area contributed by atoms with E-state index >= 15 is 0 Å². The summed E-state index contributed by atoms with van der Waals surface area (Å²) in [4.78, 5) is 0. The van der Waals surface area contributed by atoms with E-state index in [4.69, 9.17) is 19.5 Å². The highest BCUT2D eigenvalue weighted by molar-refractivity contribution is 5.85. The summed E-state index contributed by atoms with van der Waals surface area (Å²) in [6, 6.07) is 15.9. The molecule has 0 saturated carbocycles. The van der Waals surface area contributed by atoms with Crippen LogP contribution in [0.15, 0.2) is 42.5 Å². The number of hydrogen-bond donors (Lipinski definition) is 1. The minimum atomic E-state index is 0. The largest absolute Gasteiger partial charge is 0.493 e. The van der Waals surface area contributed by atoms with E-state index in [1.807, 2.05) is 36.4 Å². The van der Waals surface area contributed by atoms with Gasteiger partial charge in [-0.1, -0.05) is 38.1 Å². The summed E-state index contributed by atoms with van der Waals surface area (Å²) in [6.07, 6.45) is 2.43. The number of para-hydroxylation sites is 1. The zero-order valence-corrected chi connectivity index (χ0v) is 19.8. The van der Waals surface area contributed by atoms with Crippen molar-refractivity contribution in [3.05, 3.63) is 53.6 Å². The second kappa shape index (κ2) is 14.6. The maximum absolute atomic E-state index is 8.88. The van der Waals surface area contributed by atoms with Crippen molar-refractivity contribution in [2.45, 2.75) is 46.1 Å². The Hall–Kier alpha value is -2.42. The maximum atomic E-state index is 8.88. The van der Waals surface area contributed by atoms with Gasteiger partial charge in [-0.05, 0) is 61.6 Å². The molecule has 0 aliphatic carbocycles. The Kier molecular flexibility index (Phi) is 12.5. The van der Waals surface area contributed by atoms with Gasteiger partial charge in [0.25, 0.3) is 0 Å². The van der Waals surface area contributed by atoms with Crippen LogP contribution < -0.4 is 19.5 Å². The summed E-state index contributed by atoms with van der Waals surface area (Å²) in [5.74, 6) is 2.75. The SMILES string of the molecule is COc1cc(CC#N)ccc1OC(CCCNCCOc1ccccc1C)C(C)C.Cl. The fraction of sp³-hybridized carbons (Fsp3) is 0.480. The zero-order valence-electron chi connectivity index (χ0n) is 19.0. The molecule has 2 aromatic rings. The molecule has 0 aliphatic heterocycles. The van der Waals surface area contributed by atoms with Gasteiger partial charge in [-0.15, -0.1) is 12.4 Å². The Morgan fingerprint density at radius 1 is 1.03 bits per heavy atom. The second-order valence-electron chi connectivity index (χ2n) is 7.73. The molecule has 0 aromatic heterocycles. The lowest BCUT2D eigenvalue weighted by Gasteiger charge is -2.24. The zero-order chi connectivity index (χ0) is 21.8. The van der Waals surface area contributed by atoms with Crippen molar-refractivity contribution in [2.24, 2.45) is 5.92 Å². The van der Waals surface area contributed by atoms with E-state index in [2.05, 4.69) is 38.2 Å². The molecule has 0 bridgehead atoms. The minimum Gasteiger partial charge on any atom is -0.493 e. The number of ether oxygens (including phenoxy) is 3. The number of nitrogens with zero attached hydrogens (tertiary/aromatic N) is 1. The van der Waals surface area contributed by atoms with Gasteiger partial charge in [0.2, 0.25) is 0 Å². The number of methoxy groups -OCH3 is 1. The number of rotatable bonds is 13. The van der Waals surface area contributed by atoms with Crippen LogP contribution in [0.5, 0.6) is 17.2 Å². The minimum absolute atomic E-state index is 0. The molecule has 0 spiro atoms. The van der Waals surface area contributed by atoms with Gasteiger partial charge >= 0.3 is 0 Å². The summed E-state index contributed by atoms with van der Waals surface area (Å²) in [6.45, 7) is 8.79. The van der Waals surface area contributed by atoms with E-state index in [0.717, 1.165) is 48.6 Å². The third-order valence-corrected chi connectivity index (χ3v) is 5.01. The standard InChI is InChI=1S/C25H34N2O3.ClH/c1-19(2)22(30-24-12-11-21(13-14-26)18-25(24)28-4)10-7-15-27-16-17-29-23-9-6-5-8-20(23)3;/h5-6,8-9,11-12,18-19,22,27H,7,10,13,15-17H2,1-4H3;1H.